The Bertz CT molecular complexity index is 597. The highest BCUT2D eigenvalue weighted by Gasteiger charge is 2.35. The minimum atomic E-state index is -0.709. The Hall–Kier alpha value is -2.30. The minimum absolute atomic E-state index is 0.0435. The molecule has 1 saturated carbocycles. The molecule has 3 rings (SSSR count). The van der Waals surface area contributed by atoms with Gasteiger partial charge in [0.15, 0.2) is 0 Å². The first kappa shape index (κ1) is 13.7. The number of benzene rings is 1. The van der Waals surface area contributed by atoms with Gasteiger partial charge in [0.1, 0.15) is 5.75 Å². The molecule has 2 amide bonds. The Balaban J connectivity index is 1.49. The molecule has 3 atom stereocenters. The van der Waals surface area contributed by atoms with E-state index in [1.54, 1.807) is 12.1 Å². The van der Waals surface area contributed by atoms with Crippen molar-refractivity contribution in [1.29, 1.82) is 0 Å². The maximum Gasteiger partial charge on any atom is 0.313 e. The average molecular weight is 286 g/mol. The molecule has 0 heterocycles. The van der Waals surface area contributed by atoms with Crippen LogP contribution in [0.25, 0.3) is 0 Å². The lowest BCUT2D eigenvalue weighted by atomic mass is 9.94. The normalized spacial score (nSPS) is 25.8. The number of rotatable bonds is 3. The summed E-state index contributed by atoms with van der Waals surface area (Å²) >= 11 is 0. The van der Waals surface area contributed by atoms with Gasteiger partial charge in [0.25, 0.3) is 0 Å². The number of anilines is 1. The van der Waals surface area contributed by atoms with Crippen LogP contribution in [0.5, 0.6) is 5.75 Å². The van der Waals surface area contributed by atoms with Crippen molar-refractivity contribution < 1.29 is 14.7 Å². The summed E-state index contributed by atoms with van der Waals surface area (Å²) in [6, 6.07) is 6.11. The third-order valence-corrected chi connectivity index (χ3v) is 4.25. The Kier molecular flexibility index (Phi) is 3.64. The zero-order valence-corrected chi connectivity index (χ0v) is 11.6. The number of hydrogen-bond acceptors (Lipinski definition) is 3. The second-order valence-corrected chi connectivity index (χ2v) is 5.75. The highest BCUT2D eigenvalue weighted by Crippen LogP contribution is 2.42. The Morgan fingerprint density at radius 2 is 2.05 bits per heavy atom. The van der Waals surface area contributed by atoms with Gasteiger partial charge in [-0.1, -0.05) is 18.2 Å². The van der Waals surface area contributed by atoms with E-state index in [4.69, 9.17) is 0 Å². The molecule has 0 aliphatic heterocycles. The van der Waals surface area contributed by atoms with Crippen molar-refractivity contribution in [2.45, 2.75) is 12.8 Å². The summed E-state index contributed by atoms with van der Waals surface area (Å²) in [6.07, 6.45) is 6.74. The van der Waals surface area contributed by atoms with E-state index >= 15 is 0 Å². The van der Waals surface area contributed by atoms with E-state index in [2.05, 4.69) is 22.8 Å². The third-order valence-electron chi connectivity index (χ3n) is 4.25. The fraction of sp³-hybridized carbons (Fsp3) is 0.375. The molecule has 5 nitrogen and oxygen atoms in total. The van der Waals surface area contributed by atoms with Gasteiger partial charge in [0.05, 0.1) is 0 Å². The van der Waals surface area contributed by atoms with Crippen LogP contribution in [0.4, 0.5) is 5.69 Å². The molecule has 1 aromatic carbocycles. The van der Waals surface area contributed by atoms with Gasteiger partial charge in [0.2, 0.25) is 0 Å². The molecule has 1 aromatic rings. The van der Waals surface area contributed by atoms with Gasteiger partial charge in [-0.25, -0.2) is 0 Å². The van der Waals surface area contributed by atoms with Crippen LogP contribution < -0.4 is 10.6 Å². The van der Waals surface area contributed by atoms with Gasteiger partial charge >= 0.3 is 11.8 Å². The molecule has 0 spiro atoms. The second kappa shape index (κ2) is 5.60. The molecule has 5 heteroatoms. The third kappa shape index (κ3) is 3.07. The zero-order chi connectivity index (χ0) is 14.8. The number of nitrogens with one attached hydrogen (secondary N) is 2. The van der Waals surface area contributed by atoms with E-state index in [0.29, 0.717) is 30.0 Å². The van der Waals surface area contributed by atoms with E-state index in [9.17, 15) is 14.7 Å². The molecule has 2 aliphatic carbocycles. The Morgan fingerprint density at radius 3 is 2.71 bits per heavy atom. The monoisotopic (exact) mass is 286 g/mol. The van der Waals surface area contributed by atoms with Gasteiger partial charge in [-0.2, -0.15) is 0 Å². The maximum atomic E-state index is 11.8. The number of aromatic hydroxyl groups is 1. The van der Waals surface area contributed by atoms with Gasteiger partial charge in [-0.3, -0.25) is 9.59 Å². The first-order valence-electron chi connectivity index (χ1n) is 7.18. The van der Waals surface area contributed by atoms with Gasteiger partial charge in [-0.05, 0) is 42.7 Å². The van der Waals surface area contributed by atoms with Gasteiger partial charge in [0, 0.05) is 18.3 Å². The van der Waals surface area contributed by atoms with Gasteiger partial charge < -0.3 is 15.7 Å². The molecule has 3 N–H and O–H groups in total. The number of phenolic OH excluding ortho intramolecular Hbond substituents is 1. The van der Waals surface area contributed by atoms with Crippen molar-refractivity contribution in [3.05, 3.63) is 36.4 Å². The van der Waals surface area contributed by atoms with Crippen LogP contribution in [-0.4, -0.2) is 23.5 Å². The van der Waals surface area contributed by atoms with E-state index < -0.39 is 11.8 Å². The van der Waals surface area contributed by atoms with Crippen molar-refractivity contribution >= 4 is 17.5 Å². The zero-order valence-electron chi connectivity index (χ0n) is 11.6. The summed E-state index contributed by atoms with van der Waals surface area (Å²) in [5.74, 6) is 0.339. The van der Waals surface area contributed by atoms with E-state index in [1.807, 2.05) is 0 Å². The van der Waals surface area contributed by atoms with Crippen LogP contribution in [0.3, 0.4) is 0 Å². The molecule has 1 fully saturated rings. The first-order valence-corrected chi connectivity index (χ1v) is 7.18. The predicted octanol–water partition coefficient (Wildman–Crippen LogP) is 1.66. The summed E-state index contributed by atoms with van der Waals surface area (Å²) in [5, 5.41) is 14.5. The van der Waals surface area contributed by atoms with E-state index in [0.717, 1.165) is 6.42 Å². The summed E-state index contributed by atoms with van der Waals surface area (Å²) in [7, 11) is 0. The van der Waals surface area contributed by atoms with Crippen LogP contribution in [0.2, 0.25) is 0 Å². The SMILES string of the molecule is O=C(NCC1CC2C=CC1C2)C(=O)Nc1cccc(O)c1. The van der Waals surface area contributed by atoms with Crippen LogP contribution in [0, 0.1) is 17.8 Å². The number of phenols is 1. The summed E-state index contributed by atoms with van der Waals surface area (Å²) in [5.41, 5.74) is 0.401. The molecule has 110 valence electrons. The molecule has 0 aromatic heterocycles. The number of amides is 2. The number of carbonyl (C=O) groups is 2. The second-order valence-electron chi connectivity index (χ2n) is 5.75. The molecule has 21 heavy (non-hydrogen) atoms. The van der Waals surface area contributed by atoms with Crippen LogP contribution in [0.1, 0.15) is 12.8 Å². The highest BCUT2D eigenvalue weighted by atomic mass is 16.3. The van der Waals surface area contributed by atoms with Crippen molar-refractivity contribution in [3.63, 3.8) is 0 Å². The van der Waals surface area contributed by atoms with Crippen molar-refractivity contribution in [2.24, 2.45) is 17.8 Å². The lowest BCUT2D eigenvalue weighted by molar-refractivity contribution is -0.136. The minimum Gasteiger partial charge on any atom is -0.508 e. The fourth-order valence-corrected chi connectivity index (χ4v) is 3.20. The van der Waals surface area contributed by atoms with Crippen LogP contribution in [-0.2, 0) is 9.59 Å². The maximum absolute atomic E-state index is 11.8. The quantitative estimate of drug-likeness (QED) is 0.584. The van der Waals surface area contributed by atoms with Crippen molar-refractivity contribution in [1.82, 2.24) is 5.32 Å². The number of hydrogen-bond donors (Lipinski definition) is 3. The van der Waals surface area contributed by atoms with E-state index in [1.165, 1.54) is 18.6 Å². The first-order chi connectivity index (χ1) is 10.1. The van der Waals surface area contributed by atoms with Crippen LogP contribution in [0.15, 0.2) is 36.4 Å². The summed E-state index contributed by atoms with van der Waals surface area (Å²) in [6.45, 7) is 0.539. The van der Waals surface area contributed by atoms with Crippen molar-refractivity contribution in [3.8, 4) is 5.75 Å². The molecule has 0 radical (unpaired) electrons. The summed E-state index contributed by atoms with van der Waals surface area (Å²) in [4.78, 5) is 23.6. The molecule has 2 bridgehead atoms. The average Bonchev–Trinajstić information content (AvgIpc) is 3.07. The smallest absolute Gasteiger partial charge is 0.313 e. The predicted molar refractivity (Wildman–Crippen MR) is 78.6 cm³/mol. The Labute approximate surface area is 123 Å². The fourth-order valence-electron chi connectivity index (χ4n) is 3.20. The molecular weight excluding hydrogens is 268 g/mol. The molecular formula is C16H18N2O3. The Morgan fingerprint density at radius 1 is 1.19 bits per heavy atom. The highest BCUT2D eigenvalue weighted by molar-refractivity contribution is 6.39. The van der Waals surface area contributed by atoms with E-state index in [-0.39, 0.29) is 5.75 Å². The number of allylic oxidation sites excluding steroid dienone is 2. The van der Waals surface area contributed by atoms with Crippen LogP contribution >= 0.6 is 0 Å². The van der Waals surface area contributed by atoms with Crippen molar-refractivity contribution in [2.75, 3.05) is 11.9 Å². The number of carbonyl (C=O) groups excluding carboxylic acids is 2. The lowest BCUT2D eigenvalue weighted by Gasteiger charge is -2.18. The lowest BCUT2D eigenvalue weighted by Crippen LogP contribution is -2.38. The standard InChI is InChI=1S/C16H18N2O3/c19-14-3-1-2-13(8-14)18-16(21)15(20)17-9-12-7-10-4-5-11(12)6-10/h1-5,8,10-12,19H,6-7,9H2,(H,17,20)(H,18,21). The largest absolute Gasteiger partial charge is 0.508 e. The van der Waals surface area contributed by atoms with Gasteiger partial charge in [-0.15, -0.1) is 0 Å². The molecule has 0 saturated heterocycles. The number of fused-ring (bicyclic) bond motifs is 2. The molecule has 2 aliphatic rings. The summed E-state index contributed by atoms with van der Waals surface area (Å²) < 4.78 is 0. The molecule has 3 unspecified atom stereocenters. The topological polar surface area (TPSA) is 78.4 Å².